The Morgan fingerprint density at radius 2 is 2.44 bits per heavy atom. The summed E-state index contributed by atoms with van der Waals surface area (Å²) in [7, 11) is 0. The van der Waals surface area contributed by atoms with E-state index in [0.29, 0.717) is 0 Å². The van der Waals surface area contributed by atoms with Crippen molar-refractivity contribution in [1.29, 1.82) is 0 Å². The van der Waals surface area contributed by atoms with E-state index in [1.54, 1.807) is 0 Å². The number of aliphatic hydroxyl groups is 1. The number of hydrogen-bond acceptors (Lipinski definition) is 4. The average Bonchev–Trinajstić information content (AvgIpc) is 1.82. The van der Waals surface area contributed by atoms with E-state index in [4.69, 9.17) is 5.11 Å². The minimum atomic E-state index is -0.886. The van der Waals surface area contributed by atoms with Gasteiger partial charge in [-0.25, -0.2) is 4.79 Å². The van der Waals surface area contributed by atoms with Crippen molar-refractivity contribution in [2.24, 2.45) is 5.73 Å². The first-order valence-corrected chi connectivity index (χ1v) is 3.01. The van der Waals surface area contributed by atoms with E-state index in [-0.39, 0.29) is 12.4 Å². The van der Waals surface area contributed by atoms with E-state index in [2.05, 4.69) is 23.1 Å². The molecule has 0 fully saturated rings. The molecule has 0 heterocycles. The molecule has 0 rings (SSSR count). The van der Waals surface area contributed by atoms with Crippen LogP contribution in [-0.4, -0.2) is 29.7 Å². The zero-order valence-corrected chi connectivity index (χ0v) is 5.67. The molecule has 0 bridgehead atoms. The lowest BCUT2D eigenvalue weighted by atomic mass is 10.4. The van der Waals surface area contributed by atoms with E-state index in [9.17, 15) is 4.79 Å². The molecule has 3 N–H and O–H groups in total. The van der Waals surface area contributed by atoms with Crippen LogP contribution in [0, 0.1) is 0 Å². The quantitative estimate of drug-likeness (QED) is 0.470. The summed E-state index contributed by atoms with van der Waals surface area (Å²) in [4.78, 5) is 9.98. The third-order valence-electron chi connectivity index (χ3n) is 0.690. The van der Waals surface area contributed by atoms with Crippen LogP contribution in [0.2, 0.25) is 0 Å². The van der Waals surface area contributed by atoms with Gasteiger partial charge < -0.3 is 15.6 Å². The number of carbonyl (C=O) groups is 1. The van der Waals surface area contributed by atoms with Gasteiger partial charge in [0.05, 0.1) is 6.61 Å². The smallest absolute Gasteiger partial charge is 0.404 e. The summed E-state index contributed by atoms with van der Waals surface area (Å²) in [6, 6.07) is 0. The Labute approximate surface area is 58.4 Å². The van der Waals surface area contributed by atoms with Crippen LogP contribution in [0.4, 0.5) is 4.79 Å². The normalized spacial score (nSPS) is 12.7. The van der Waals surface area contributed by atoms with Crippen LogP contribution in [0.5, 0.6) is 0 Å². The minimum Gasteiger partial charge on any atom is -0.443 e. The molecule has 0 radical (unpaired) electrons. The van der Waals surface area contributed by atoms with Gasteiger partial charge in [-0.2, -0.15) is 12.6 Å². The van der Waals surface area contributed by atoms with Gasteiger partial charge in [0, 0.05) is 5.75 Å². The summed E-state index contributed by atoms with van der Waals surface area (Å²) in [5.74, 6) is 0.277. The number of rotatable bonds is 3. The lowest BCUT2D eigenvalue weighted by molar-refractivity contribution is 0.0773. The molecule has 9 heavy (non-hydrogen) atoms. The Morgan fingerprint density at radius 1 is 1.89 bits per heavy atom. The molecule has 1 amide bonds. The first-order chi connectivity index (χ1) is 4.20. The molecular formula is C4H9NO3S. The summed E-state index contributed by atoms with van der Waals surface area (Å²) < 4.78 is 4.36. The highest BCUT2D eigenvalue weighted by molar-refractivity contribution is 7.80. The molecule has 5 heteroatoms. The van der Waals surface area contributed by atoms with Gasteiger partial charge in [-0.15, -0.1) is 0 Å². The molecule has 0 saturated heterocycles. The Kier molecular flexibility index (Phi) is 4.25. The van der Waals surface area contributed by atoms with Crippen molar-refractivity contribution in [1.82, 2.24) is 0 Å². The summed E-state index contributed by atoms with van der Waals surface area (Å²) in [5.41, 5.74) is 4.64. The van der Waals surface area contributed by atoms with Crippen LogP contribution >= 0.6 is 12.6 Å². The molecule has 0 aromatic carbocycles. The average molecular weight is 151 g/mol. The van der Waals surface area contributed by atoms with Gasteiger partial charge in [-0.05, 0) is 0 Å². The van der Waals surface area contributed by atoms with Crippen LogP contribution in [0.15, 0.2) is 0 Å². The highest BCUT2D eigenvalue weighted by Gasteiger charge is 2.06. The molecule has 0 aliphatic carbocycles. The van der Waals surface area contributed by atoms with Crippen molar-refractivity contribution in [2.45, 2.75) is 6.10 Å². The van der Waals surface area contributed by atoms with Crippen molar-refractivity contribution in [2.75, 3.05) is 12.4 Å². The molecule has 1 unspecified atom stereocenters. The van der Waals surface area contributed by atoms with Crippen LogP contribution in [0.25, 0.3) is 0 Å². The van der Waals surface area contributed by atoms with Crippen molar-refractivity contribution < 1.29 is 14.6 Å². The number of ether oxygens (including phenoxy) is 1. The highest BCUT2D eigenvalue weighted by Crippen LogP contribution is 1.92. The van der Waals surface area contributed by atoms with Crippen LogP contribution in [0.1, 0.15) is 0 Å². The first-order valence-electron chi connectivity index (χ1n) is 2.38. The van der Waals surface area contributed by atoms with Crippen molar-refractivity contribution in [3.05, 3.63) is 0 Å². The summed E-state index contributed by atoms with van der Waals surface area (Å²) >= 11 is 3.78. The molecule has 0 aromatic heterocycles. The molecule has 0 aliphatic rings. The maximum absolute atomic E-state index is 9.98. The van der Waals surface area contributed by atoms with E-state index in [1.807, 2.05) is 0 Å². The molecule has 1 atom stereocenters. The number of amides is 1. The van der Waals surface area contributed by atoms with Crippen LogP contribution in [0.3, 0.4) is 0 Å². The molecule has 0 spiro atoms. The SMILES string of the molecule is NC(=O)OC(CO)CS. The number of hydrogen-bond donors (Lipinski definition) is 3. The molecule has 0 saturated carbocycles. The monoisotopic (exact) mass is 151 g/mol. The summed E-state index contributed by atoms with van der Waals surface area (Å²) in [6.07, 6.45) is -1.46. The van der Waals surface area contributed by atoms with Gasteiger partial charge in [0.1, 0.15) is 6.10 Å². The van der Waals surface area contributed by atoms with E-state index in [0.717, 1.165) is 0 Å². The molecular weight excluding hydrogens is 142 g/mol. The predicted octanol–water partition coefficient (Wildman–Crippen LogP) is -0.628. The fraction of sp³-hybridized carbons (Fsp3) is 0.750. The second-order valence-electron chi connectivity index (χ2n) is 1.42. The number of primary amides is 1. The predicted molar refractivity (Wildman–Crippen MR) is 35.4 cm³/mol. The molecule has 0 aliphatic heterocycles. The van der Waals surface area contributed by atoms with Gasteiger partial charge in [-0.3, -0.25) is 0 Å². The number of aliphatic hydroxyl groups excluding tert-OH is 1. The van der Waals surface area contributed by atoms with Gasteiger partial charge >= 0.3 is 6.09 Å². The summed E-state index contributed by atoms with van der Waals surface area (Å²) in [5, 5.41) is 8.39. The maximum atomic E-state index is 9.98. The minimum absolute atomic E-state index is 0.244. The number of carbonyl (C=O) groups excluding carboxylic acids is 1. The van der Waals surface area contributed by atoms with E-state index < -0.39 is 12.2 Å². The van der Waals surface area contributed by atoms with Gasteiger partial charge in [0.25, 0.3) is 0 Å². The third-order valence-corrected chi connectivity index (χ3v) is 1.10. The second kappa shape index (κ2) is 4.46. The Hall–Kier alpha value is -0.420. The largest absolute Gasteiger partial charge is 0.443 e. The van der Waals surface area contributed by atoms with Gasteiger partial charge in [0.15, 0.2) is 0 Å². The lowest BCUT2D eigenvalue weighted by Gasteiger charge is -2.09. The number of nitrogens with two attached hydrogens (primary N) is 1. The van der Waals surface area contributed by atoms with E-state index >= 15 is 0 Å². The summed E-state index contributed by atoms with van der Waals surface area (Å²) in [6.45, 7) is -0.244. The highest BCUT2D eigenvalue weighted by atomic mass is 32.1. The Balaban J connectivity index is 3.43. The maximum Gasteiger partial charge on any atom is 0.404 e. The fourth-order valence-electron chi connectivity index (χ4n) is 0.297. The topological polar surface area (TPSA) is 72.6 Å². The Morgan fingerprint density at radius 3 is 2.56 bits per heavy atom. The van der Waals surface area contributed by atoms with E-state index in [1.165, 1.54) is 0 Å². The van der Waals surface area contributed by atoms with Gasteiger partial charge in [-0.1, -0.05) is 0 Å². The van der Waals surface area contributed by atoms with Crippen molar-refractivity contribution >= 4 is 18.7 Å². The standard InChI is InChI=1S/C4H9NO3S/c5-4(7)8-3(1-6)2-9/h3,6,9H,1-2H2,(H2,5,7). The molecule has 4 nitrogen and oxygen atoms in total. The molecule has 0 aromatic rings. The van der Waals surface area contributed by atoms with Gasteiger partial charge in [0.2, 0.25) is 0 Å². The van der Waals surface area contributed by atoms with Crippen LogP contribution in [-0.2, 0) is 4.74 Å². The number of thiol groups is 1. The zero-order chi connectivity index (χ0) is 7.28. The Bertz CT molecular complexity index is 93.8. The second-order valence-corrected chi connectivity index (χ2v) is 1.79. The molecule has 54 valence electrons. The third kappa shape index (κ3) is 4.11. The van der Waals surface area contributed by atoms with Crippen molar-refractivity contribution in [3.63, 3.8) is 0 Å². The zero-order valence-electron chi connectivity index (χ0n) is 4.78. The first kappa shape index (κ1) is 8.58. The lowest BCUT2D eigenvalue weighted by Crippen LogP contribution is -2.26. The van der Waals surface area contributed by atoms with Crippen molar-refractivity contribution in [3.8, 4) is 0 Å². The van der Waals surface area contributed by atoms with Crippen LogP contribution < -0.4 is 5.73 Å². The fourth-order valence-corrected chi connectivity index (χ4v) is 0.487.